The van der Waals surface area contributed by atoms with Gasteiger partial charge in [-0.05, 0) is 12.5 Å². The summed E-state index contributed by atoms with van der Waals surface area (Å²) < 4.78 is 1.57. The van der Waals surface area contributed by atoms with Crippen molar-refractivity contribution < 1.29 is 9.90 Å². The molecule has 0 saturated carbocycles. The van der Waals surface area contributed by atoms with Crippen LogP contribution in [0, 0.1) is 6.92 Å². The maximum atomic E-state index is 10.5. The Morgan fingerprint density at radius 1 is 1.75 bits per heavy atom. The van der Waals surface area contributed by atoms with E-state index in [1.54, 1.807) is 24.9 Å². The normalized spacial score (nSPS) is 9.83. The molecular formula is C8H10N2O2. The third-order valence-corrected chi connectivity index (χ3v) is 1.56. The fourth-order valence-electron chi connectivity index (χ4n) is 1.01. The van der Waals surface area contributed by atoms with Gasteiger partial charge in [-0.1, -0.05) is 6.58 Å². The summed E-state index contributed by atoms with van der Waals surface area (Å²) in [5.41, 5.74) is 1.31. The summed E-state index contributed by atoms with van der Waals surface area (Å²) in [6, 6.07) is 0. The van der Waals surface area contributed by atoms with Crippen molar-refractivity contribution in [3.8, 4) is 0 Å². The van der Waals surface area contributed by atoms with E-state index in [-0.39, 0.29) is 5.57 Å². The first-order chi connectivity index (χ1) is 5.52. The quantitative estimate of drug-likeness (QED) is 0.662. The van der Waals surface area contributed by atoms with Crippen molar-refractivity contribution in [1.29, 1.82) is 0 Å². The van der Waals surface area contributed by atoms with Gasteiger partial charge in [-0.2, -0.15) is 5.10 Å². The number of carboxylic acid groups (broad SMARTS) is 1. The standard InChI is InChI=1S/C8H10N2O2/c1-5-4-10(3)9-7(5)6(2)8(11)12/h4H,2H2,1,3H3,(H,11,12). The van der Waals surface area contributed by atoms with Crippen LogP contribution in [0.15, 0.2) is 12.8 Å². The lowest BCUT2D eigenvalue weighted by atomic mass is 10.1. The number of nitrogens with zero attached hydrogens (tertiary/aromatic N) is 2. The highest BCUT2D eigenvalue weighted by atomic mass is 16.4. The SMILES string of the molecule is C=C(C(=O)O)c1nn(C)cc1C. The van der Waals surface area contributed by atoms with Crippen molar-refractivity contribution >= 4 is 11.5 Å². The Morgan fingerprint density at radius 2 is 2.33 bits per heavy atom. The molecule has 0 bridgehead atoms. The van der Waals surface area contributed by atoms with E-state index in [1.807, 2.05) is 0 Å². The van der Waals surface area contributed by atoms with E-state index >= 15 is 0 Å². The predicted octanol–water partition coefficient (Wildman–Crippen LogP) is 0.826. The topological polar surface area (TPSA) is 55.1 Å². The van der Waals surface area contributed by atoms with Crippen LogP contribution in [-0.2, 0) is 11.8 Å². The molecule has 0 aromatic carbocycles. The van der Waals surface area contributed by atoms with Crippen LogP contribution in [0.2, 0.25) is 0 Å². The average Bonchev–Trinajstić information content (AvgIpc) is 2.28. The largest absolute Gasteiger partial charge is 0.478 e. The van der Waals surface area contributed by atoms with E-state index in [0.717, 1.165) is 5.56 Å². The molecular weight excluding hydrogens is 156 g/mol. The second-order valence-corrected chi connectivity index (χ2v) is 2.62. The van der Waals surface area contributed by atoms with Gasteiger partial charge in [-0.3, -0.25) is 4.68 Å². The fraction of sp³-hybridized carbons (Fsp3) is 0.250. The van der Waals surface area contributed by atoms with Crippen LogP contribution in [0.5, 0.6) is 0 Å². The highest BCUT2D eigenvalue weighted by Gasteiger charge is 2.12. The van der Waals surface area contributed by atoms with Crippen LogP contribution >= 0.6 is 0 Å². The van der Waals surface area contributed by atoms with Crippen LogP contribution < -0.4 is 0 Å². The molecule has 1 rings (SSSR count). The van der Waals surface area contributed by atoms with Crippen LogP contribution in [0.25, 0.3) is 5.57 Å². The molecule has 1 N–H and O–H groups in total. The van der Waals surface area contributed by atoms with E-state index < -0.39 is 5.97 Å². The highest BCUT2D eigenvalue weighted by Crippen LogP contribution is 2.14. The minimum Gasteiger partial charge on any atom is -0.478 e. The van der Waals surface area contributed by atoms with Crippen molar-refractivity contribution in [2.75, 3.05) is 0 Å². The first kappa shape index (κ1) is 8.52. The second kappa shape index (κ2) is 2.81. The van der Waals surface area contributed by atoms with Gasteiger partial charge < -0.3 is 5.11 Å². The second-order valence-electron chi connectivity index (χ2n) is 2.62. The fourth-order valence-corrected chi connectivity index (χ4v) is 1.01. The number of rotatable bonds is 2. The summed E-state index contributed by atoms with van der Waals surface area (Å²) in [4.78, 5) is 10.5. The molecule has 12 heavy (non-hydrogen) atoms. The van der Waals surface area contributed by atoms with E-state index in [2.05, 4.69) is 11.7 Å². The number of aromatic nitrogens is 2. The number of hydrogen-bond acceptors (Lipinski definition) is 2. The maximum Gasteiger partial charge on any atom is 0.337 e. The van der Waals surface area contributed by atoms with Gasteiger partial charge in [-0.25, -0.2) is 4.79 Å². The molecule has 0 fully saturated rings. The highest BCUT2D eigenvalue weighted by molar-refractivity contribution is 6.14. The Morgan fingerprint density at radius 3 is 2.67 bits per heavy atom. The Kier molecular flexibility index (Phi) is 1.99. The van der Waals surface area contributed by atoms with Gasteiger partial charge in [0.15, 0.2) is 0 Å². The van der Waals surface area contributed by atoms with Crippen LogP contribution in [0.4, 0.5) is 0 Å². The molecule has 0 aliphatic carbocycles. The number of hydrogen-bond donors (Lipinski definition) is 1. The van der Waals surface area contributed by atoms with Crippen LogP contribution in [0.3, 0.4) is 0 Å². The zero-order chi connectivity index (χ0) is 9.30. The van der Waals surface area contributed by atoms with E-state index in [9.17, 15) is 4.79 Å². The summed E-state index contributed by atoms with van der Waals surface area (Å²) >= 11 is 0. The average molecular weight is 166 g/mol. The molecule has 0 amide bonds. The van der Waals surface area contributed by atoms with Crippen LogP contribution in [-0.4, -0.2) is 20.9 Å². The molecule has 0 unspecified atom stereocenters. The first-order valence-corrected chi connectivity index (χ1v) is 3.45. The lowest BCUT2D eigenvalue weighted by Crippen LogP contribution is -2.00. The number of carboxylic acids is 1. The van der Waals surface area contributed by atoms with Gasteiger partial charge in [-0.15, -0.1) is 0 Å². The molecule has 1 heterocycles. The number of carbonyl (C=O) groups is 1. The lowest BCUT2D eigenvalue weighted by Gasteiger charge is -1.94. The smallest absolute Gasteiger partial charge is 0.337 e. The Balaban J connectivity index is 3.11. The molecule has 1 aromatic rings. The molecule has 0 aliphatic rings. The maximum absolute atomic E-state index is 10.5. The Hall–Kier alpha value is -1.58. The molecule has 0 aliphatic heterocycles. The van der Waals surface area contributed by atoms with Crippen molar-refractivity contribution in [2.45, 2.75) is 6.92 Å². The van der Waals surface area contributed by atoms with Crippen molar-refractivity contribution in [2.24, 2.45) is 7.05 Å². The summed E-state index contributed by atoms with van der Waals surface area (Å²) in [6.07, 6.45) is 1.75. The predicted molar refractivity (Wildman–Crippen MR) is 44.6 cm³/mol. The third kappa shape index (κ3) is 1.37. The summed E-state index contributed by atoms with van der Waals surface area (Å²) in [7, 11) is 1.74. The van der Waals surface area contributed by atoms with Crippen molar-refractivity contribution in [3.05, 3.63) is 24.0 Å². The van der Waals surface area contributed by atoms with E-state index in [0.29, 0.717) is 5.69 Å². The minimum atomic E-state index is -1.03. The van der Waals surface area contributed by atoms with Crippen molar-refractivity contribution in [3.63, 3.8) is 0 Å². The molecule has 4 nitrogen and oxygen atoms in total. The molecule has 0 saturated heterocycles. The monoisotopic (exact) mass is 166 g/mol. The van der Waals surface area contributed by atoms with Gasteiger partial charge in [0, 0.05) is 13.2 Å². The third-order valence-electron chi connectivity index (χ3n) is 1.56. The van der Waals surface area contributed by atoms with Gasteiger partial charge in [0.2, 0.25) is 0 Å². The molecule has 4 heteroatoms. The Labute approximate surface area is 70.1 Å². The molecule has 1 aromatic heterocycles. The van der Waals surface area contributed by atoms with Gasteiger partial charge >= 0.3 is 5.97 Å². The summed E-state index contributed by atoms with van der Waals surface area (Å²) in [5, 5.41) is 12.6. The van der Waals surface area contributed by atoms with E-state index in [1.165, 1.54) is 0 Å². The van der Waals surface area contributed by atoms with Gasteiger partial charge in [0.25, 0.3) is 0 Å². The molecule has 0 spiro atoms. The molecule has 0 radical (unpaired) electrons. The van der Waals surface area contributed by atoms with E-state index in [4.69, 9.17) is 5.11 Å². The van der Waals surface area contributed by atoms with Crippen molar-refractivity contribution in [1.82, 2.24) is 9.78 Å². The molecule has 0 atom stereocenters. The minimum absolute atomic E-state index is 0.0353. The number of aryl methyl sites for hydroxylation is 2. The van der Waals surface area contributed by atoms with Gasteiger partial charge in [0.1, 0.15) is 5.69 Å². The zero-order valence-electron chi connectivity index (χ0n) is 7.03. The van der Waals surface area contributed by atoms with Gasteiger partial charge in [0.05, 0.1) is 5.57 Å². The Bertz CT molecular complexity index is 339. The molecule has 64 valence electrons. The van der Waals surface area contributed by atoms with Crippen LogP contribution in [0.1, 0.15) is 11.3 Å². The zero-order valence-corrected chi connectivity index (χ0v) is 7.03. The lowest BCUT2D eigenvalue weighted by molar-refractivity contribution is -0.130. The first-order valence-electron chi connectivity index (χ1n) is 3.45. The summed E-state index contributed by atoms with van der Waals surface area (Å²) in [5.74, 6) is -1.03. The number of aliphatic carboxylic acids is 1. The summed E-state index contributed by atoms with van der Waals surface area (Å²) in [6.45, 7) is 5.23.